The lowest BCUT2D eigenvalue weighted by Crippen LogP contribution is -2.39. The molecule has 0 unspecified atom stereocenters. The van der Waals surface area contributed by atoms with Crippen molar-refractivity contribution in [2.75, 3.05) is 0 Å². The third kappa shape index (κ3) is 5.73. The Labute approximate surface area is 90.1 Å². The van der Waals surface area contributed by atoms with E-state index in [0.717, 1.165) is 18.9 Å². The molecule has 8 heteroatoms. The second-order valence-electron chi connectivity index (χ2n) is 3.68. The first kappa shape index (κ1) is 14.1. The average molecular weight is 264 g/mol. The molecule has 0 fully saturated rings. The van der Waals surface area contributed by atoms with E-state index < -0.39 is 33.4 Å². The summed E-state index contributed by atoms with van der Waals surface area (Å²) in [6, 6.07) is 0.914. The Morgan fingerprint density at radius 1 is 1.36 bits per heavy atom. The first-order valence-electron chi connectivity index (χ1n) is 4.58. The lowest BCUT2D eigenvalue weighted by Gasteiger charge is -2.21. The molecule has 0 aliphatic carbocycles. The number of unbranched alkanes of at least 4 members (excludes halogenated alkanes) is 1. The average Bonchev–Trinajstić information content (AvgIpc) is 2.12. The van der Waals surface area contributed by atoms with Crippen molar-refractivity contribution in [3.05, 3.63) is 0 Å². The standard InChI is InChI=1S/C6H15O4Si4/c1-4-5-6-14(2,3)10-12(8)13(9)11-7/h4-6H2,1-3H3. The molecule has 0 aliphatic heterocycles. The summed E-state index contributed by atoms with van der Waals surface area (Å²) >= 11 is 0. The van der Waals surface area contributed by atoms with Crippen LogP contribution in [0.15, 0.2) is 0 Å². The Morgan fingerprint density at radius 2 is 1.93 bits per heavy atom. The fourth-order valence-electron chi connectivity index (χ4n) is 0.992. The molecule has 0 aliphatic rings. The molecule has 0 aromatic rings. The lowest BCUT2D eigenvalue weighted by molar-refractivity contribution is 0.457. The van der Waals surface area contributed by atoms with Crippen LogP contribution in [0.2, 0.25) is 19.1 Å². The van der Waals surface area contributed by atoms with Crippen molar-refractivity contribution in [3.63, 3.8) is 0 Å². The SMILES string of the molecule is CCCC[Si](C)(C)O[Si](=O)[Si](=O)[Si]=O. The molecule has 4 nitrogen and oxygen atoms in total. The van der Waals surface area contributed by atoms with Crippen LogP contribution in [0.4, 0.5) is 0 Å². The first-order chi connectivity index (χ1) is 6.43. The summed E-state index contributed by atoms with van der Waals surface area (Å²) in [6.07, 6.45) is 2.11. The molecular weight excluding hydrogens is 248 g/mol. The van der Waals surface area contributed by atoms with Crippen molar-refractivity contribution >= 4 is 33.4 Å². The van der Waals surface area contributed by atoms with E-state index in [4.69, 9.17) is 4.12 Å². The highest BCUT2D eigenvalue weighted by molar-refractivity contribution is 7.30. The summed E-state index contributed by atoms with van der Waals surface area (Å²) in [4.78, 5) is 0. The van der Waals surface area contributed by atoms with E-state index in [1.165, 1.54) is 0 Å². The molecule has 0 spiro atoms. The van der Waals surface area contributed by atoms with Gasteiger partial charge in [0, 0.05) is 0 Å². The van der Waals surface area contributed by atoms with E-state index in [0.29, 0.717) is 0 Å². The van der Waals surface area contributed by atoms with E-state index in [1.54, 1.807) is 0 Å². The molecule has 1 radical (unpaired) electrons. The minimum atomic E-state index is -2.55. The van der Waals surface area contributed by atoms with Crippen LogP contribution < -0.4 is 0 Å². The largest absolute Gasteiger partial charge is 0.578 e. The highest BCUT2D eigenvalue weighted by Gasteiger charge is 2.32. The second-order valence-corrected chi connectivity index (χ2v) is 16.0. The smallest absolute Gasteiger partial charge is 0.532 e. The van der Waals surface area contributed by atoms with Crippen molar-refractivity contribution < 1.29 is 17.5 Å². The van der Waals surface area contributed by atoms with Crippen molar-refractivity contribution in [2.24, 2.45) is 0 Å². The maximum absolute atomic E-state index is 11.3. The van der Waals surface area contributed by atoms with Crippen molar-refractivity contribution in [1.29, 1.82) is 0 Å². The van der Waals surface area contributed by atoms with Crippen LogP contribution in [0, 0.1) is 0 Å². The summed E-state index contributed by atoms with van der Waals surface area (Å²) in [7, 11) is -7.95. The molecule has 0 bridgehead atoms. The zero-order chi connectivity index (χ0) is 11.2. The fourth-order valence-corrected chi connectivity index (χ4v) is 10.8. The van der Waals surface area contributed by atoms with Gasteiger partial charge in [-0.25, -0.2) is 0 Å². The van der Waals surface area contributed by atoms with Crippen LogP contribution in [0.3, 0.4) is 0 Å². The Kier molecular flexibility index (Phi) is 6.56. The summed E-state index contributed by atoms with van der Waals surface area (Å²) in [6.45, 7) is 5.98. The molecule has 0 rings (SSSR count). The molecule has 0 saturated carbocycles. The predicted octanol–water partition coefficient (Wildman–Crippen LogP) is 0.974. The Bertz CT molecular complexity index is 240. The van der Waals surface area contributed by atoms with Crippen LogP contribution in [-0.4, -0.2) is 33.4 Å². The van der Waals surface area contributed by atoms with Gasteiger partial charge in [-0.2, -0.15) is 0 Å². The van der Waals surface area contributed by atoms with Gasteiger partial charge in [0.05, 0.1) is 0 Å². The predicted molar refractivity (Wildman–Crippen MR) is 57.6 cm³/mol. The molecule has 0 N–H and O–H groups in total. The first-order valence-corrected chi connectivity index (χ1v) is 13.3. The van der Waals surface area contributed by atoms with Crippen LogP contribution in [0.5, 0.6) is 0 Å². The minimum Gasteiger partial charge on any atom is -0.578 e. The van der Waals surface area contributed by atoms with Crippen LogP contribution in [-0.2, 0) is 17.5 Å². The topological polar surface area (TPSA) is 60.4 Å². The van der Waals surface area contributed by atoms with Gasteiger partial charge >= 0.3 is 25.1 Å². The number of hydrogen-bond acceptors (Lipinski definition) is 4. The summed E-state index contributed by atoms with van der Waals surface area (Å²) < 4.78 is 37.9. The van der Waals surface area contributed by atoms with Gasteiger partial charge in [-0.3, -0.25) is 0 Å². The molecule has 79 valence electrons. The molecule has 0 amide bonds. The zero-order valence-corrected chi connectivity index (χ0v) is 12.8. The molecule has 0 aromatic heterocycles. The van der Waals surface area contributed by atoms with Crippen molar-refractivity contribution in [3.8, 4) is 0 Å². The van der Waals surface area contributed by atoms with Crippen LogP contribution in [0.1, 0.15) is 19.8 Å². The normalized spacial score (nSPS) is 10.8. The van der Waals surface area contributed by atoms with Gasteiger partial charge in [0.1, 0.15) is 0 Å². The van der Waals surface area contributed by atoms with Gasteiger partial charge in [-0.15, -0.1) is 0 Å². The van der Waals surface area contributed by atoms with Crippen molar-refractivity contribution in [2.45, 2.75) is 38.9 Å². The van der Waals surface area contributed by atoms with E-state index in [-0.39, 0.29) is 0 Å². The van der Waals surface area contributed by atoms with Crippen LogP contribution >= 0.6 is 0 Å². The monoisotopic (exact) mass is 263 g/mol. The molecule has 0 heterocycles. The second kappa shape index (κ2) is 6.53. The van der Waals surface area contributed by atoms with Gasteiger partial charge in [0.2, 0.25) is 8.32 Å². The summed E-state index contributed by atoms with van der Waals surface area (Å²) in [5.74, 6) is 0. The quantitative estimate of drug-likeness (QED) is 0.642. The van der Waals surface area contributed by atoms with E-state index in [1.807, 2.05) is 13.1 Å². The summed E-state index contributed by atoms with van der Waals surface area (Å²) in [5, 5.41) is 0. The van der Waals surface area contributed by atoms with Gasteiger partial charge < -0.3 is 17.5 Å². The van der Waals surface area contributed by atoms with Gasteiger partial charge in [-0.05, 0) is 19.1 Å². The molecule has 0 aromatic carbocycles. The highest BCUT2D eigenvalue weighted by atomic mass is 29.6. The highest BCUT2D eigenvalue weighted by Crippen LogP contribution is 2.14. The van der Waals surface area contributed by atoms with E-state index in [9.17, 15) is 13.4 Å². The third-order valence-electron chi connectivity index (χ3n) is 1.78. The van der Waals surface area contributed by atoms with Crippen LogP contribution in [0.25, 0.3) is 0 Å². The Morgan fingerprint density at radius 3 is 2.36 bits per heavy atom. The fraction of sp³-hybridized carbons (Fsp3) is 1.00. The van der Waals surface area contributed by atoms with Gasteiger partial charge in [-0.1, -0.05) is 19.8 Å². The van der Waals surface area contributed by atoms with Gasteiger partial charge in [0.15, 0.2) is 0 Å². The zero-order valence-electron chi connectivity index (χ0n) is 8.75. The number of rotatable bonds is 7. The Balaban J connectivity index is 4.14. The van der Waals surface area contributed by atoms with Gasteiger partial charge in [0.25, 0.3) is 0 Å². The van der Waals surface area contributed by atoms with E-state index >= 15 is 0 Å². The Hall–Kier alpha value is 0.0675. The van der Waals surface area contributed by atoms with E-state index in [2.05, 4.69) is 6.92 Å². The minimum absolute atomic E-state index is 0.914. The molecule has 14 heavy (non-hydrogen) atoms. The third-order valence-corrected chi connectivity index (χ3v) is 12.2. The molecular formula is C6H15O4Si4. The lowest BCUT2D eigenvalue weighted by atomic mass is 10.4. The summed E-state index contributed by atoms with van der Waals surface area (Å²) in [5.41, 5.74) is 0. The maximum Gasteiger partial charge on any atom is 0.532 e. The molecule has 0 atom stereocenters. The van der Waals surface area contributed by atoms with Crippen molar-refractivity contribution in [1.82, 2.24) is 0 Å². The number of hydrogen-bond donors (Lipinski definition) is 0. The maximum atomic E-state index is 11.3. The molecule has 0 saturated heterocycles.